The molecule has 0 aliphatic carbocycles. The third-order valence-electron chi connectivity index (χ3n) is 3.63. The van der Waals surface area contributed by atoms with Crippen LogP contribution in [0.1, 0.15) is 23.2 Å². The lowest BCUT2D eigenvalue weighted by atomic mass is 10.0. The van der Waals surface area contributed by atoms with Crippen molar-refractivity contribution in [2.24, 2.45) is 5.73 Å². The van der Waals surface area contributed by atoms with Crippen molar-refractivity contribution >= 4 is 33.1 Å². The van der Waals surface area contributed by atoms with E-state index in [1.165, 1.54) is 24.3 Å². The van der Waals surface area contributed by atoms with E-state index >= 15 is 0 Å². The summed E-state index contributed by atoms with van der Waals surface area (Å²) in [6.07, 6.45) is 0.771. The highest BCUT2D eigenvalue weighted by Gasteiger charge is 2.41. The third-order valence-corrected chi connectivity index (χ3v) is 6.08. The molecule has 120 valence electrons. The number of benzene rings is 1. The summed E-state index contributed by atoms with van der Waals surface area (Å²) >= 11 is 5.58. The lowest BCUT2D eigenvalue weighted by Gasteiger charge is -2.25. The zero-order valence-electron chi connectivity index (χ0n) is 11.8. The largest absolute Gasteiger partial charge is 0.348 e. The minimum atomic E-state index is -3.93. The molecule has 0 saturated heterocycles. The van der Waals surface area contributed by atoms with Gasteiger partial charge in [0.15, 0.2) is 15.6 Å². The van der Waals surface area contributed by atoms with Crippen LogP contribution >= 0.6 is 11.6 Å². The molecule has 3 rings (SSSR count). The zero-order chi connectivity index (χ0) is 16.3. The number of amides is 1. The number of hydrogen-bond donors (Lipinski definition) is 2. The van der Waals surface area contributed by atoms with Crippen molar-refractivity contribution < 1.29 is 18.0 Å². The van der Waals surface area contributed by atoms with E-state index in [1.54, 1.807) is 0 Å². The summed E-state index contributed by atoms with van der Waals surface area (Å²) in [6, 6.07) is 4.68. The molecule has 22 heavy (non-hydrogen) atoms. The summed E-state index contributed by atoms with van der Waals surface area (Å²) in [5, 5.41) is 1.24. The molecular formula is C14H17ClN2O4S. The minimum Gasteiger partial charge on any atom is -0.348 e. The Labute approximate surface area is 133 Å². The van der Waals surface area contributed by atoms with Crippen LogP contribution in [0.15, 0.2) is 29.2 Å². The van der Waals surface area contributed by atoms with Crippen LogP contribution in [-0.2, 0) is 14.6 Å². The van der Waals surface area contributed by atoms with Crippen molar-refractivity contribution in [3.05, 3.63) is 29.8 Å². The van der Waals surface area contributed by atoms with Crippen LogP contribution in [0.25, 0.3) is 0 Å². The first-order valence-corrected chi connectivity index (χ1v) is 8.93. The number of sulfone groups is 1. The Hall–Kier alpha value is -1.44. The first kappa shape index (κ1) is 16.9. The number of carbonyl (C=O) groups is 2. The molecule has 0 saturated carbocycles. The van der Waals surface area contributed by atoms with Crippen LogP contribution in [0.4, 0.5) is 0 Å². The molecule has 1 aromatic rings. The van der Waals surface area contributed by atoms with Gasteiger partial charge in [-0.3, -0.25) is 9.59 Å². The average Bonchev–Trinajstić information content (AvgIpc) is 2.57. The Balaban J connectivity index is 2.56. The Bertz CT molecular complexity index is 673. The Morgan fingerprint density at radius 2 is 1.91 bits per heavy atom. The summed E-state index contributed by atoms with van der Waals surface area (Å²) in [5.74, 6) is -1.48. The van der Waals surface area contributed by atoms with Crippen molar-refractivity contribution in [2.45, 2.75) is 29.0 Å². The highest BCUT2D eigenvalue weighted by Crippen LogP contribution is 2.24. The van der Waals surface area contributed by atoms with Gasteiger partial charge in [-0.15, -0.1) is 11.6 Å². The van der Waals surface area contributed by atoms with Crippen molar-refractivity contribution in [2.75, 3.05) is 12.4 Å². The van der Waals surface area contributed by atoms with Gasteiger partial charge < -0.3 is 11.1 Å². The second kappa shape index (κ2) is 6.76. The number of Topliss-reactive ketones (excluding diaryl/α,β-unsaturated/α-hetero) is 1. The van der Waals surface area contributed by atoms with Gasteiger partial charge in [0.1, 0.15) is 5.25 Å². The van der Waals surface area contributed by atoms with Crippen molar-refractivity contribution in [3.8, 4) is 0 Å². The SMILES string of the molecule is NCCCC1NC(=O)c2ccc(cc2)S(=O)(=O)C1C(=O)CCl. The Morgan fingerprint density at radius 3 is 2.45 bits per heavy atom. The van der Waals surface area contributed by atoms with Gasteiger partial charge in [-0.25, -0.2) is 8.42 Å². The molecule has 0 fully saturated rings. The molecule has 2 atom stereocenters. The summed E-state index contributed by atoms with van der Waals surface area (Å²) < 4.78 is 25.5. The molecule has 1 aromatic carbocycles. The normalized spacial score (nSPS) is 23.3. The first-order chi connectivity index (χ1) is 10.4. The van der Waals surface area contributed by atoms with E-state index in [4.69, 9.17) is 17.3 Å². The van der Waals surface area contributed by atoms with E-state index in [2.05, 4.69) is 5.32 Å². The van der Waals surface area contributed by atoms with Crippen LogP contribution in [0.2, 0.25) is 0 Å². The number of nitrogens with two attached hydrogens (primary N) is 1. The topological polar surface area (TPSA) is 106 Å². The first-order valence-electron chi connectivity index (χ1n) is 6.85. The second-order valence-corrected chi connectivity index (χ2v) is 7.44. The van der Waals surface area contributed by atoms with Crippen LogP contribution in [0, 0.1) is 0 Å². The molecule has 6 nitrogen and oxygen atoms in total. The zero-order valence-corrected chi connectivity index (χ0v) is 13.4. The van der Waals surface area contributed by atoms with Gasteiger partial charge in [-0.1, -0.05) is 0 Å². The summed E-state index contributed by atoms with van der Waals surface area (Å²) in [4.78, 5) is 24.3. The molecular weight excluding hydrogens is 328 g/mol. The Morgan fingerprint density at radius 1 is 1.27 bits per heavy atom. The van der Waals surface area contributed by atoms with Crippen molar-refractivity contribution in [3.63, 3.8) is 0 Å². The number of rotatable bonds is 5. The smallest absolute Gasteiger partial charge is 0.251 e. The summed E-state index contributed by atoms with van der Waals surface area (Å²) in [7, 11) is -3.93. The fourth-order valence-electron chi connectivity index (χ4n) is 2.52. The lowest BCUT2D eigenvalue weighted by Crippen LogP contribution is -2.50. The van der Waals surface area contributed by atoms with Gasteiger partial charge in [0.25, 0.3) is 5.91 Å². The molecule has 2 unspecified atom stereocenters. The van der Waals surface area contributed by atoms with E-state index in [1.807, 2.05) is 0 Å². The quantitative estimate of drug-likeness (QED) is 0.756. The second-order valence-electron chi connectivity index (χ2n) is 5.10. The molecule has 8 heteroatoms. The minimum absolute atomic E-state index is 0.00830. The fourth-order valence-corrected chi connectivity index (χ4v) is 4.65. The number of halogens is 1. The van der Waals surface area contributed by atoms with Crippen molar-refractivity contribution in [1.82, 2.24) is 5.32 Å². The molecule has 2 aliphatic heterocycles. The van der Waals surface area contributed by atoms with Gasteiger partial charge in [0, 0.05) is 5.56 Å². The van der Waals surface area contributed by atoms with E-state index in [9.17, 15) is 18.0 Å². The van der Waals surface area contributed by atoms with Gasteiger partial charge >= 0.3 is 0 Å². The average molecular weight is 345 g/mol. The number of ketones is 1. The van der Waals surface area contributed by atoms with E-state index in [-0.39, 0.29) is 11.3 Å². The number of hydrogen-bond acceptors (Lipinski definition) is 5. The van der Waals surface area contributed by atoms with Crippen LogP contribution in [-0.4, -0.2) is 43.8 Å². The van der Waals surface area contributed by atoms with Crippen LogP contribution in [0.5, 0.6) is 0 Å². The predicted octanol–water partition coefficient (Wildman–Crippen LogP) is 0.488. The third kappa shape index (κ3) is 3.16. The summed E-state index contributed by atoms with van der Waals surface area (Å²) in [5.41, 5.74) is 5.80. The molecule has 1 amide bonds. The monoisotopic (exact) mass is 344 g/mol. The molecule has 2 heterocycles. The molecule has 0 aromatic heterocycles. The molecule has 2 bridgehead atoms. The van der Waals surface area contributed by atoms with Gasteiger partial charge in [-0.05, 0) is 43.7 Å². The van der Waals surface area contributed by atoms with Crippen molar-refractivity contribution in [1.29, 1.82) is 0 Å². The molecule has 0 radical (unpaired) electrons. The standard InChI is InChI=1S/C14H17ClN2O4S/c15-8-12(18)13-11(2-1-7-16)17-14(19)9-3-5-10(6-4-9)22(13,20)21/h3-6,11,13H,1-2,7-8,16H2,(H,17,19). The van der Waals surface area contributed by atoms with Gasteiger partial charge in [0.2, 0.25) is 0 Å². The van der Waals surface area contributed by atoms with E-state index in [0.29, 0.717) is 18.5 Å². The number of fused-ring (bicyclic) bond motifs is 6. The van der Waals surface area contributed by atoms with Crippen LogP contribution < -0.4 is 11.1 Å². The number of alkyl halides is 1. The fraction of sp³-hybridized carbons (Fsp3) is 0.429. The maximum Gasteiger partial charge on any atom is 0.251 e. The van der Waals surface area contributed by atoms with E-state index < -0.39 is 38.7 Å². The van der Waals surface area contributed by atoms with Gasteiger partial charge in [0.05, 0.1) is 16.8 Å². The summed E-state index contributed by atoms with van der Waals surface area (Å²) in [6.45, 7) is 0.331. The highest BCUT2D eigenvalue weighted by atomic mass is 35.5. The molecule has 0 spiro atoms. The maximum atomic E-state index is 12.8. The van der Waals surface area contributed by atoms with E-state index in [0.717, 1.165) is 0 Å². The number of nitrogens with one attached hydrogen (secondary N) is 1. The van der Waals surface area contributed by atoms with Crippen LogP contribution in [0.3, 0.4) is 0 Å². The number of carbonyl (C=O) groups excluding carboxylic acids is 2. The molecule has 2 aliphatic rings. The Kier molecular flexibility index (Phi) is 5.20. The van der Waals surface area contributed by atoms with Gasteiger partial charge in [-0.2, -0.15) is 0 Å². The predicted molar refractivity (Wildman–Crippen MR) is 82.7 cm³/mol. The molecule has 3 N–H and O–H groups in total. The highest BCUT2D eigenvalue weighted by molar-refractivity contribution is 7.93. The maximum absolute atomic E-state index is 12.8. The lowest BCUT2D eigenvalue weighted by molar-refractivity contribution is -0.116.